The fourth-order valence-corrected chi connectivity index (χ4v) is 5.20. The predicted octanol–water partition coefficient (Wildman–Crippen LogP) is 3.66. The van der Waals surface area contributed by atoms with Crippen molar-refractivity contribution in [1.29, 1.82) is 0 Å². The number of hydrogen-bond donors (Lipinski definition) is 0. The predicted molar refractivity (Wildman–Crippen MR) is 114 cm³/mol. The Morgan fingerprint density at radius 1 is 1.17 bits per heavy atom. The van der Waals surface area contributed by atoms with Gasteiger partial charge in [-0.25, -0.2) is 4.90 Å². The van der Waals surface area contributed by atoms with Gasteiger partial charge in [-0.3, -0.25) is 14.4 Å². The molecule has 0 spiro atoms. The molecule has 1 aromatic carbocycles. The summed E-state index contributed by atoms with van der Waals surface area (Å²) in [6, 6.07) is 5.81. The number of halogens is 1. The second-order valence-corrected chi connectivity index (χ2v) is 10.2. The number of carbonyl (C=O) groups excluding carboxylic acids is 3. The molecule has 0 N–H and O–H groups in total. The van der Waals surface area contributed by atoms with Crippen LogP contribution >= 0.6 is 11.6 Å². The van der Waals surface area contributed by atoms with Crippen LogP contribution in [0.1, 0.15) is 47.0 Å². The van der Waals surface area contributed by atoms with Gasteiger partial charge < -0.3 is 9.64 Å². The molecule has 1 aliphatic carbocycles. The maximum Gasteiger partial charge on any atom is 0.257 e. The molecule has 7 heteroatoms. The third kappa shape index (κ3) is 3.34. The van der Waals surface area contributed by atoms with Gasteiger partial charge in [-0.1, -0.05) is 39.3 Å². The van der Waals surface area contributed by atoms with Crippen LogP contribution in [-0.2, 0) is 19.1 Å². The average molecular weight is 433 g/mol. The van der Waals surface area contributed by atoms with Crippen LogP contribution in [0.3, 0.4) is 0 Å². The van der Waals surface area contributed by atoms with E-state index in [1.807, 2.05) is 0 Å². The molecule has 3 fully saturated rings. The Morgan fingerprint density at radius 3 is 2.33 bits per heavy atom. The lowest BCUT2D eigenvalue weighted by Gasteiger charge is -2.30. The minimum absolute atomic E-state index is 0.00645. The zero-order valence-electron chi connectivity index (χ0n) is 18.0. The molecule has 3 amide bonds. The first kappa shape index (κ1) is 21.3. The van der Waals surface area contributed by atoms with Crippen molar-refractivity contribution in [2.75, 3.05) is 18.1 Å². The monoisotopic (exact) mass is 432 g/mol. The lowest BCUT2D eigenvalue weighted by molar-refractivity contribution is -0.142. The lowest BCUT2D eigenvalue weighted by atomic mass is 10.0. The summed E-state index contributed by atoms with van der Waals surface area (Å²) in [6.45, 7) is 9.35. The van der Waals surface area contributed by atoms with Gasteiger partial charge in [-0.15, -0.1) is 0 Å². The van der Waals surface area contributed by atoms with E-state index in [1.54, 1.807) is 29.2 Å². The molecule has 2 aliphatic heterocycles. The van der Waals surface area contributed by atoms with Gasteiger partial charge in [-0.05, 0) is 47.9 Å². The zero-order valence-corrected chi connectivity index (χ0v) is 18.7. The molecule has 3 aliphatic rings. The van der Waals surface area contributed by atoms with Gasteiger partial charge in [0.1, 0.15) is 6.04 Å². The molecule has 4 rings (SSSR count). The Labute approximate surface area is 182 Å². The van der Waals surface area contributed by atoms with Crippen LogP contribution in [0.15, 0.2) is 24.3 Å². The van der Waals surface area contributed by atoms with Gasteiger partial charge in [0.25, 0.3) is 5.91 Å². The summed E-state index contributed by atoms with van der Waals surface area (Å²) in [7, 11) is 0. The topological polar surface area (TPSA) is 66.9 Å². The van der Waals surface area contributed by atoms with Gasteiger partial charge in [0.2, 0.25) is 11.8 Å². The normalized spacial score (nSPS) is 27.6. The number of rotatable bonds is 5. The first-order chi connectivity index (χ1) is 14.1. The van der Waals surface area contributed by atoms with E-state index in [-0.39, 0.29) is 47.0 Å². The summed E-state index contributed by atoms with van der Waals surface area (Å²) in [5.41, 5.74) is 0.175. The van der Waals surface area contributed by atoms with Crippen LogP contribution in [0.5, 0.6) is 0 Å². The van der Waals surface area contributed by atoms with Crippen molar-refractivity contribution >= 4 is 35.0 Å². The number of hydrogen-bond acceptors (Lipinski definition) is 4. The van der Waals surface area contributed by atoms with E-state index >= 15 is 0 Å². The lowest BCUT2D eigenvalue weighted by Crippen LogP contribution is -2.49. The summed E-state index contributed by atoms with van der Waals surface area (Å²) in [4.78, 5) is 42.5. The minimum atomic E-state index is -0.794. The molecule has 0 bridgehead atoms. The molecule has 2 unspecified atom stereocenters. The molecule has 2 atom stereocenters. The summed E-state index contributed by atoms with van der Waals surface area (Å²) >= 11 is 5.95. The quantitative estimate of drug-likeness (QED) is 0.666. The second-order valence-electron chi connectivity index (χ2n) is 9.77. The largest absolute Gasteiger partial charge is 0.376 e. The van der Waals surface area contributed by atoms with Crippen molar-refractivity contribution in [3.8, 4) is 0 Å². The number of imide groups is 1. The van der Waals surface area contributed by atoms with Crippen molar-refractivity contribution in [2.45, 2.75) is 59.1 Å². The number of ether oxygens (including phenoxy) is 1. The smallest absolute Gasteiger partial charge is 0.257 e. The van der Waals surface area contributed by atoms with Crippen LogP contribution in [0.2, 0.25) is 5.02 Å². The molecule has 0 aromatic heterocycles. The van der Waals surface area contributed by atoms with Gasteiger partial charge in [-0.2, -0.15) is 0 Å². The van der Waals surface area contributed by atoms with Gasteiger partial charge in [0.05, 0.1) is 18.2 Å². The number of benzene rings is 1. The fraction of sp³-hybridized carbons (Fsp3) is 0.609. The van der Waals surface area contributed by atoms with Crippen LogP contribution < -0.4 is 4.90 Å². The highest BCUT2D eigenvalue weighted by molar-refractivity contribution is 6.30. The number of nitrogens with zero attached hydrogens (tertiary/aromatic N) is 2. The molecule has 162 valence electrons. The van der Waals surface area contributed by atoms with E-state index in [0.29, 0.717) is 23.9 Å². The summed E-state index contributed by atoms with van der Waals surface area (Å²) < 4.78 is 5.77. The molecule has 0 radical (unpaired) electrons. The van der Waals surface area contributed by atoms with Crippen molar-refractivity contribution in [2.24, 2.45) is 16.7 Å². The highest BCUT2D eigenvalue weighted by Gasteiger charge is 2.69. The molecule has 1 saturated carbocycles. The summed E-state index contributed by atoms with van der Waals surface area (Å²) in [5.74, 6) is -0.889. The van der Waals surface area contributed by atoms with E-state index in [4.69, 9.17) is 16.3 Å². The van der Waals surface area contributed by atoms with E-state index < -0.39 is 6.04 Å². The zero-order chi connectivity index (χ0) is 21.8. The van der Waals surface area contributed by atoms with Crippen LogP contribution in [0.4, 0.5) is 5.69 Å². The molecular formula is C23H29ClN2O4. The SMILES string of the molecule is CC1(C)C(C(=O)N(CC2CCCO2)C2CC(=O)N(c3ccc(Cl)cc3)C2=O)C1(C)C. The van der Waals surface area contributed by atoms with Gasteiger partial charge >= 0.3 is 0 Å². The molecule has 2 saturated heterocycles. The van der Waals surface area contributed by atoms with E-state index in [0.717, 1.165) is 12.8 Å². The van der Waals surface area contributed by atoms with E-state index in [9.17, 15) is 14.4 Å². The second kappa shape index (κ2) is 7.34. The fourth-order valence-electron chi connectivity index (χ4n) is 5.08. The van der Waals surface area contributed by atoms with Crippen molar-refractivity contribution < 1.29 is 19.1 Å². The maximum absolute atomic E-state index is 13.6. The highest BCUT2D eigenvalue weighted by Crippen LogP contribution is 2.69. The van der Waals surface area contributed by atoms with Gasteiger partial charge in [0, 0.05) is 24.1 Å². The number of amides is 3. The third-order valence-corrected chi connectivity index (χ3v) is 7.81. The minimum Gasteiger partial charge on any atom is -0.376 e. The molecular weight excluding hydrogens is 404 g/mol. The molecule has 30 heavy (non-hydrogen) atoms. The standard InChI is InChI=1S/C23H29ClN2O4/c1-22(2)19(23(22,3)4)21(29)25(13-16-6-5-11-30-16)17-12-18(27)26(20(17)28)15-9-7-14(24)8-10-15/h7-10,16-17,19H,5-6,11-13H2,1-4H3. The molecule has 6 nitrogen and oxygen atoms in total. The van der Waals surface area contributed by atoms with Crippen LogP contribution in [0, 0.1) is 16.7 Å². The van der Waals surface area contributed by atoms with Crippen molar-refractivity contribution in [1.82, 2.24) is 4.90 Å². The first-order valence-electron chi connectivity index (χ1n) is 10.6. The van der Waals surface area contributed by atoms with Crippen LogP contribution in [-0.4, -0.2) is 47.9 Å². The van der Waals surface area contributed by atoms with E-state index in [2.05, 4.69) is 27.7 Å². The Hall–Kier alpha value is -1.92. The Morgan fingerprint density at radius 2 is 1.80 bits per heavy atom. The van der Waals surface area contributed by atoms with Crippen molar-refractivity contribution in [3.63, 3.8) is 0 Å². The maximum atomic E-state index is 13.6. The van der Waals surface area contributed by atoms with Crippen molar-refractivity contribution in [3.05, 3.63) is 29.3 Å². The molecule has 2 heterocycles. The number of anilines is 1. The van der Waals surface area contributed by atoms with Gasteiger partial charge in [0.15, 0.2) is 0 Å². The summed E-state index contributed by atoms with van der Waals surface area (Å²) in [6.07, 6.45) is 1.71. The number of carbonyl (C=O) groups is 3. The average Bonchev–Trinajstić information content (AvgIpc) is 3.10. The summed E-state index contributed by atoms with van der Waals surface area (Å²) in [5, 5.41) is 0.530. The first-order valence-corrected chi connectivity index (χ1v) is 11.0. The highest BCUT2D eigenvalue weighted by atomic mass is 35.5. The Bertz CT molecular complexity index is 860. The molecule has 1 aromatic rings. The Balaban J connectivity index is 1.62. The van der Waals surface area contributed by atoms with Crippen LogP contribution in [0.25, 0.3) is 0 Å². The Kier molecular flexibility index (Phi) is 5.22. The third-order valence-electron chi connectivity index (χ3n) is 7.56. The van der Waals surface area contributed by atoms with E-state index in [1.165, 1.54) is 4.90 Å².